The van der Waals surface area contributed by atoms with E-state index in [4.69, 9.17) is 0 Å². The van der Waals surface area contributed by atoms with Gasteiger partial charge in [0.1, 0.15) is 0 Å². The molecule has 0 aromatic heterocycles. The molecule has 3 heteroatoms. The van der Waals surface area contributed by atoms with Gasteiger partial charge in [-0.25, -0.2) is 0 Å². The zero-order valence-corrected chi connectivity index (χ0v) is 13.7. The number of carbonyl (C=O) groups is 1. The summed E-state index contributed by atoms with van der Waals surface area (Å²) < 4.78 is 0. The van der Waals surface area contributed by atoms with Crippen molar-refractivity contribution in [3.05, 3.63) is 35.9 Å². The summed E-state index contributed by atoms with van der Waals surface area (Å²) >= 11 is 0. The number of piperidine rings is 1. The van der Waals surface area contributed by atoms with Crippen molar-refractivity contribution in [3.63, 3.8) is 0 Å². The van der Waals surface area contributed by atoms with Gasteiger partial charge in [-0.05, 0) is 57.3 Å². The summed E-state index contributed by atoms with van der Waals surface area (Å²) in [4.78, 5) is 14.4. The van der Waals surface area contributed by atoms with Crippen molar-refractivity contribution >= 4 is 5.91 Å². The van der Waals surface area contributed by atoms with Gasteiger partial charge in [0.25, 0.3) is 0 Å². The van der Waals surface area contributed by atoms with Crippen LogP contribution < -0.4 is 5.32 Å². The monoisotopic (exact) mass is 302 g/mol. The van der Waals surface area contributed by atoms with E-state index in [0.29, 0.717) is 6.42 Å². The molecule has 1 heterocycles. The molecule has 1 aromatic carbocycles. The fraction of sp³-hybridized carbons (Fsp3) is 0.632. The van der Waals surface area contributed by atoms with Gasteiger partial charge in [-0.1, -0.05) is 43.2 Å². The van der Waals surface area contributed by atoms with E-state index in [1.165, 1.54) is 57.3 Å². The lowest BCUT2D eigenvalue weighted by Gasteiger charge is -2.26. The Kier molecular flexibility index (Phi) is 8.03. The van der Waals surface area contributed by atoms with Gasteiger partial charge < -0.3 is 10.2 Å². The van der Waals surface area contributed by atoms with Crippen LogP contribution in [0, 0.1) is 0 Å². The molecule has 122 valence electrons. The molecule has 1 saturated heterocycles. The first-order valence-electron chi connectivity index (χ1n) is 8.87. The molecule has 1 aromatic rings. The molecule has 0 saturated carbocycles. The first-order chi connectivity index (χ1) is 10.8. The van der Waals surface area contributed by atoms with Crippen molar-refractivity contribution in [2.75, 3.05) is 26.2 Å². The van der Waals surface area contributed by atoms with E-state index in [0.717, 1.165) is 19.4 Å². The number of nitrogens with zero attached hydrogens (tertiary/aromatic N) is 1. The first-order valence-corrected chi connectivity index (χ1v) is 8.87. The van der Waals surface area contributed by atoms with Crippen LogP contribution in [0.15, 0.2) is 30.3 Å². The second kappa shape index (κ2) is 10.4. The Hall–Kier alpha value is -1.35. The van der Waals surface area contributed by atoms with Gasteiger partial charge in [0.05, 0.1) is 0 Å². The van der Waals surface area contributed by atoms with Crippen LogP contribution in [0.3, 0.4) is 0 Å². The molecule has 0 spiro atoms. The molecular formula is C19H30N2O. The summed E-state index contributed by atoms with van der Waals surface area (Å²) in [5.41, 5.74) is 1.24. The molecule has 0 radical (unpaired) electrons. The number of benzene rings is 1. The third kappa shape index (κ3) is 7.08. The van der Waals surface area contributed by atoms with Gasteiger partial charge in [0.15, 0.2) is 0 Å². The highest BCUT2D eigenvalue weighted by Crippen LogP contribution is 2.09. The van der Waals surface area contributed by atoms with E-state index < -0.39 is 0 Å². The lowest BCUT2D eigenvalue weighted by Crippen LogP contribution is -2.30. The second-order valence-corrected chi connectivity index (χ2v) is 6.30. The number of nitrogens with one attached hydrogen (secondary N) is 1. The van der Waals surface area contributed by atoms with Gasteiger partial charge in [-0.15, -0.1) is 0 Å². The minimum Gasteiger partial charge on any atom is -0.356 e. The Bertz CT molecular complexity index is 413. The number of amides is 1. The molecule has 1 aliphatic rings. The molecule has 0 bridgehead atoms. The second-order valence-electron chi connectivity index (χ2n) is 6.30. The molecule has 0 unspecified atom stereocenters. The molecule has 1 fully saturated rings. The molecule has 22 heavy (non-hydrogen) atoms. The van der Waals surface area contributed by atoms with E-state index in [-0.39, 0.29) is 5.91 Å². The van der Waals surface area contributed by atoms with Crippen LogP contribution in [-0.4, -0.2) is 37.0 Å². The van der Waals surface area contributed by atoms with Gasteiger partial charge in [0, 0.05) is 13.0 Å². The third-order valence-corrected chi connectivity index (χ3v) is 4.41. The molecule has 0 atom stereocenters. The Labute approximate surface area is 135 Å². The molecule has 1 aliphatic heterocycles. The molecule has 2 rings (SSSR count). The van der Waals surface area contributed by atoms with Gasteiger partial charge in [-0.3, -0.25) is 4.79 Å². The predicted molar refractivity (Wildman–Crippen MR) is 91.9 cm³/mol. The zero-order valence-electron chi connectivity index (χ0n) is 13.7. The fourth-order valence-electron chi connectivity index (χ4n) is 3.04. The Morgan fingerprint density at radius 3 is 2.55 bits per heavy atom. The maximum Gasteiger partial charge on any atom is 0.220 e. The maximum atomic E-state index is 11.8. The highest BCUT2D eigenvalue weighted by molar-refractivity contribution is 5.76. The smallest absolute Gasteiger partial charge is 0.220 e. The van der Waals surface area contributed by atoms with Crippen LogP contribution in [0.1, 0.15) is 50.5 Å². The number of aryl methyl sites for hydroxylation is 1. The standard InChI is InChI=1S/C19H30N2O/c22-19(13-12-18-10-4-1-5-11-18)20-14-6-2-7-15-21-16-8-3-9-17-21/h1,4-5,10-11H,2-3,6-9,12-17H2,(H,20,22). The number of rotatable bonds is 9. The Balaban J connectivity index is 1.43. The van der Waals surface area contributed by atoms with Crippen LogP contribution in [0.5, 0.6) is 0 Å². The van der Waals surface area contributed by atoms with Gasteiger partial charge in [0.2, 0.25) is 5.91 Å². The highest BCUT2D eigenvalue weighted by atomic mass is 16.1. The SMILES string of the molecule is O=C(CCc1ccccc1)NCCCCCN1CCCCC1. The minimum absolute atomic E-state index is 0.180. The van der Waals surface area contributed by atoms with E-state index in [2.05, 4.69) is 22.3 Å². The molecule has 0 aliphatic carbocycles. The van der Waals surface area contributed by atoms with Crippen molar-refractivity contribution in [3.8, 4) is 0 Å². The molecule has 1 amide bonds. The molecule has 3 nitrogen and oxygen atoms in total. The number of hydrogen-bond acceptors (Lipinski definition) is 2. The van der Waals surface area contributed by atoms with Crippen LogP contribution >= 0.6 is 0 Å². The molecule has 1 N–H and O–H groups in total. The summed E-state index contributed by atoms with van der Waals surface area (Å²) in [6, 6.07) is 10.2. The van der Waals surface area contributed by atoms with Crippen LogP contribution in [-0.2, 0) is 11.2 Å². The third-order valence-electron chi connectivity index (χ3n) is 4.41. The summed E-state index contributed by atoms with van der Waals surface area (Å²) in [5, 5.41) is 3.04. The number of hydrogen-bond donors (Lipinski definition) is 1. The van der Waals surface area contributed by atoms with E-state index in [9.17, 15) is 4.79 Å². The number of carbonyl (C=O) groups excluding carboxylic acids is 1. The van der Waals surface area contributed by atoms with Crippen molar-refractivity contribution in [1.29, 1.82) is 0 Å². The Morgan fingerprint density at radius 2 is 1.77 bits per heavy atom. The summed E-state index contributed by atoms with van der Waals surface area (Å²) in [7, 11) is 0. The topological polar surface area (TPSA) is 32.3 Å². The van der Waals surface area contributed by atoms with Gasteiger partial charge in [-0.2, -0.15) is 0 Å². The van der Waals surface area contributed by atoms with Gasteiger partial charge >= 0.3 is 0 Å². The average Bonchev–Trinajstić information content (AvgIpc) is 2.58. The zero-order chi connectivity index (χ0) is 15.5. The Morgan fingerprint density at radius 1 is 1.00 bits per heavy atom. The fourth-order valence-corrected chi connectivity index (χ4v) is 3.04. The van der Waals surface area contributed by atoms with E-state index in [1.807, 2.05) is 18.2 Å². The van der Waals surface area contributed by atoms with Crippen molar-refractivity contribution in [2.45, 2.75) is 51.4 Å². The van der Waals surface area contributed by atoms with Crippen LogP contribution in [0.4, 0.5) is 0 Å². The first kappa shape index (κ1) is 17.0. The predicted octanol–water partition coefficient (Wildman–Crippen LogP) is 3.39. The van der Waals surface area contributed by atoms with Crippen molar-refractivity contribution in [1.82, 2.24) is 10.2 Å². The quantitative estimate of drug-likeness (QED) is 0.709. The lowest BCUT2D eigenvalue weighted by molar-refractivity contribution is -0.121. The van der Waals surface area contributed by atoms with E-state index >= 15 is 0 Å². The number of unbranched alkanes of at least 4 members (excludes halogenated alkanes) is 2. The van der Waals surface area contributed by atoms with Crippen LogP contribution in [0.25, 0.3) is 0 Å². The minimum atomic E-state index is 0.180. The number of likely N-dealkylation sites (tertiary alicyclic amines) is 1. The summed E-state index contributed by atoms with van der Waals surface area (Å²) in [5.74, 6) is 0.180. The largest absolute Gasteiger partial charge is 0.356 e. The summed E-state index contributed by atoms with van der Waals surface area (Å²) in [6.07, 6.45) is 9.17. The normalized spacial score (nSPS) is 15.6. The van der Waals surface area contributed by atoms with E-state index in [1.54, 1.807) is 0 Å². The maximum absolute atomic E-state index is 11.8. The van der Waals surface area contributed by atoms with Crippen molar-refractivity contribution < 1.29 is 4.79 Å². The average molecular weight is 302 g/mol. The lowest BCUT2D eigenvalue weighted by atomic mass is 10.1. The highest BCUT2D eigenvalue weighted by Gasteiger charge is 2.08. The van der Waals surface area contributed by atoms with Crippen molar-refractivity contribution in [2.24, 2.45) is 0 Å². The summed E-state index contributed by atoms with van der Waals surface area (Å²) in [6.45, 7) is 4.64. The van der Waals surface area contributed by atoms with Crippen LogP contribution in [0.2, 0.25) is 0 Å². The molecular weight excluding hydrogens is 272 g/mol.